The molecule has 1 atom stereocenters. The maximum Gasteiger partial charge on any atom is 0.308 e. The smallest absolute Gasteiger partial charge is 0.308 e. The number of thiazole rings is 1. The van der Waals surface area contributed by atoms with Gasteiger partial charge in [0.1, 0.15) is 17.4 Å². The number of nitrogens with one attached hydrogen (secondary N) is 1. The lowest BCUT2D eigenvalue weighted by Crippen LogP contribution is -2.34. The molecule has 30 heavy (non-hydrogen) atoms. The van der Waals surface area contributed by atoms with Gasteiger partial charge in [-0.3, -0.25) is 9.59 Å². The van der Waals surface area contributed by atoms with Crippen LogP contribution < -0.4 is 10.1 Å². The van der Waals surface area contributed by atoms with Gasteiger partial charge in [-0.15, -0.1) is 11.3 Å². The van der Waals surface area contributed by atoms with Gasteiger partial charge in [0, 0.05) is 21.5 Å². The molecule has 1 unspecified atom stereocenters. The number of carbonyl (C=O) groups is 2. The van der Waals surface area contributed by atoms with Crippen molar-refractivity contribution in [2.24, 2.45) is 0 Å². The normalized spacial score (nSPS) is 11.6. The van der Waals surface area contributed by atoms with Crippen molar-refractivity contribution in [3.63, 3.8) is 0 Å². The molecule has 1 N–H and O–H groups in total. The van der Waals surface area contributed by atoms with E-state index in [1.54, 1.807) is 38.3 Å². The van der Waals surface area contributed by atoms with E-state index in [1.807, 2.05) is 29.6 Å². The first kappa shape index (κ1) is 22.0. The Morgan fingerprint density at radius 1 is 1.20 bits per heavy atom. The number of aromatic nitrogens is 1. The summed E-state index contributed by atoms with van der Waals surface area (Å²) < 4.78 is 11.6. The Hall–Kier alpha value is -2.71. The number of amides is 1. The van der Waals surface area contributed by atoms with Crippen molar-refractivity contribution in [3.05, 3.63) is 69.6 Å². The minimum Gasteiger partial charge on any atom is -0.496 e. The predicted molar refractivity (Wildman–Crippen MR) is 120 cm³/mol. The number of nitrogens with zero attached hydrogens (tertiary/aromatic N) is 1. The number of ether oxygens (including phenoxy) is 2. The van der Waals surface area contributed by atoms with E-state index in [1.165, 1.54) is 11.3 Å². The Morgan fingerprint density at radius 2 is 1.97 bits per heavy atom. The zero-order chi connectivity index (χ0) is 21.5. The van der Waals surface area contributed by atoms with Crippen molar-refractivity contribution >= 4 is 39.1 Å². The van der Waals surface area contributed by atoms with E-state index < -0.39 is 5.97 Å². The predicted octanol–water partition coefficient (Wildman–Crippen LogP) is 4.83. The maximum atomic E-state index is 12.1. The summed E-state index contributed by atoms with van der Waals surface area (Å²) in [5.74, 6) is 0.104. The van der Waals surface area contributed by atoms with Crippen LogP contribution in [0.1, 0.15) is 29.4 Å². The van der Waals surface area contributed by atoms with Crippen molar-refractivity contribution in [2.75, 3.05) is 7.11 Å². The van der Waals surface area contributed by atoms with Crippen molar-refractivity contribution in [1.82, 2.24) is 10.3 Å². The van der Waals surface area contributed by atoms with Crippen LogP contribution in [0.2, 0.25) is 0 Å². The molecule has 0 aliphatic heterocycles. The molecule has 3 rings (SSSR count). The molecule has 6 nitrogen and oxygen atoms in total. The van der Waals surface area contributed by atoms with Crippen LogP contribution >= 0.6 is 27.3 Å². The highest BCUT2D eigenvalue weighted by molar-refractivity contribution is 9.10. The summed E-state index contributed by atoms with van der Waals surface area (Å²) in [5, 5.41) is 5.43. The minimum absolute atomic E-state index is 0.0744. The Bertz CT molecular complexity index is 1020. The average molecular weight is 489 g/mol. The molecule has 0 saturated heterocycles. The van der Waals surface area contributed by atoms with Crippen molar-refractivity contribution in [1.29, 1.82) is 0 Å². The largest absolute Gasteiger partial charge is 0.496 e. The molecule has 2 aromatic carbocycles. The third-order valence-corrected chi connectivity index (χ3v) is 5.63. The lowest BCUT2D eigenvalue weighted by Gasteiger charge is -2.13. The Labute approximate surface area is 187 Å². The molecule has 0 aliphatic rings. The molecule has 1 amide bonds. The number of halogens is 1. The third kappa shape index (κ3) is 5.90. The van der Waals surface area contributed by atoms with Gasteiger partial charge < -0.3 is 14.8 Å². The zero-order valence-electron chi connectivity index (χ0n) is 16.6. The van der Waals surface area contributed by atoms with Crippen LogP contribution in [0.3, 0.4) is 0 Å². The highest BCUT2D eigenvalue weighted by Crippen LogP contribution is 2.34. The highest BCUT2D eigenvalue weighted by atomic mass is 79.9. The van der Waals surface area contributed by atoms with Gasteiger partial charge in [0.25, 0.3) is 5.91 Å². The Kier molecular flexibility index (Phi) is 7.59. The fourth-order valence-electron chi connectivity index (χ4n) is 2.76. The first-order chi connectivity index (χ1) is 14.5. The summed E-state index contributed by atoms with van der Waals surface area (Å²) in [4.78, 5) is 28.8. The molecule has 8 heteroatoms. The number of carbonyl (C=O) groups excluding carboxylic acids is 2. The van der Waals surface area contributed by atoms with E-state index in [-0.39, 0.29) is 25.0 Å². The van der Waals surface area contributed by atoms with Crippen LogP contribution in [-0.2, 0) is 16.1 Å². The van der Waals surface area contributed by atoms with E-state index in [0.717, 1.165) is 20.8 Å². The summed E-state index contributed by atoms with van der Waals surface area (Å²) >= 11 is 4.91. The summed E-state index contributed by atoms with van der Waals surface area (Å²) in [6, 6.07) is 14.2. The van der Waals surface area contributed by atoms with Crippen molar-refractivity contribution in [3.8, 4) is 16.3 Å². The van der Waals surface area contributed by atoms with Crippen LogP contribution in [0, 0.1) is 0 Å². The number of hydrogen-bond acceptors (Lipinski definition) is 6. The van der Waals surface area contributed by atoms with Gasteiger partial charge in [-0.25, -0.2) is 4.98 Å². The van der Waals surface area contributed by atoms with Gasteiger partial charge in [0.15, 0.2) is 0 Å². The molecule has 3 aromatic rings. The summed E-state index contributed by atoms with van der Waals surface area (Å²) in [7, 11) is 1.61. The van der Waals surface area contributed by atoms with E-state index >= 15 is 0 Å². The molecule has 0 fully saturated rings. The lowest BCUT2D eigenvalue weighted by atomic mass is 10.2. The van der Waals surface area contributed by atoms with Gasteiger partial charge in [-0.2, -0.15) is 0 Å². The minimum atomic E-state index is -0.398. The van der Waals surface area contributed by atoms with E-state index in [9.17, 15) is 9.59 Å². The lowest BCUT2D eigenvalue weighted by molar-refractivity contribution is -0.145. The average Bonchev–Trinajstić information content (AvgIpc) is 3.21. The molecule has 0 radical (unpaired) electrons. The Morgan fingerprint density at radius 3 is 2.70 bits per heavy atom. The van der Waals surface area contributed by atoms with E-state index in [2.05, 4.69) is 26.2 Å². The molecular weight excluding hydrogens is 468 g/mol. The zero-order valence-corrected chi connectivity index (χ0v) is 19.0. The van der Waals surface area contributed by atoms with Crippen LogP contribution in [-0.4, -0.2) is 30.0 Å². The number of hydrogen-bond donors (Lipinski definition) is 1. The van der Waals surface area contributed by atoms with Crippen LogP contribution in [0.5, 0.6) is 5.75 Å². The molecule has 0 spiro atoms. The van der Waals surface area contributed by atoms with Crippen molar-refractivity contribution in [2.45, 2.75) is 26.0 Å². The first-order valence-electron chi connectivity index (χ1n) is 9.26. The third-order valence-electron chi connectivity index (χ3n) is 4.21. The monoisotopic (exact) mass is 488 g/mol. The second kappa shape index (κ2) is 10.4. The van der Waals surface area contributed by atoms with Gasteiger partial charge >= 0.3 is 5.97 Å². The second-order valence-corrected chi connectivity index (χ2v) is 8.37. The molecule has 0 aliphatic carbocycles. The highest BCUT2D eigenvalue weighted by Gasteiger charge is 2.16. The van der Waals surface area contributed by atoms with Crippen LogP contribution in [0.4, 0.5) is 0 Å². The molecule has 1 aromatic heterocycles. The molecular formula is C22H21BrN2O4S. The molecule has 0 saturated carbocycles. The standard InChI is InChI=1S/C22H21BrN2O4S/c1-14(24-21(27)15-6-4-3-5-7-15)10-20(26)29-12-17-13-30-22(25-17)18-11-16(23)8-9-19(18)28-2/h3-9,11,13-14H,10,12H2,1-2H3,(H,24,27). The van der Waals surface area contributed by atoms with Crippen LogP contribution in [0.15, 0.2) is 58.4 Å². The SMILES string of the molecule is COc1ccc(Br)cc1-c1nc(COC(=O)CC(C)NC(=O)c2ccccc2)cs1. The summed E-state index contributed by atoms with van der Waals surface area (Å²) in [5.41, 5.74) is 2.08. The quantitative estimate of drug-likeness (QED) is 0.459. The van der Waals surface area contributed by atoms with Crippen molar-refractivity contribution < 1.29 is 19.1 Å². The molecule has 1 heterocycles. The van der Waals surface area contributed by atoms with E-state index in [0.29, 0.717) is 11.3 Å². The Balaban J connectivity index is 1.52. The summed E-state index contributed by atoms with van der Waals surface area (Å²) in [6.45, 7) is 1.84. The number of rotatable bonds is 8. The number of benzene rings is 2. The van der Waals surface area contributed by atoms with E-state index in [4.69, 9.17) is 9.47 Å². The van der Waals surface area contributed by atoms with Gasteiger partial charge in [-0.05, 0) is 37.3 Å². The maximum absolute atomic E-state index is 12.1. The summed E-state index contributed by atoms with van der Waals surface area (Å²) in [6.07, 6.45) is 0.0784. The molecule has 0 bridgehead atoms. The van der Waals surface area contributed by atoms with Gasteiger partial charge in [-0.1, -0.05) is 34.1 Å². The van der Waals surface area contributed by atoms with Crippen LogP contribution in [0.25, 0.3) is 10.6 Å². The number of esters is 1. The first-order valence-corrected chi connectivity index (χ1v) is 10.9. The number of methoxy groups -OCH3 is 1. The van der Waals surface area contributed by atoms with Gasteiger partial charge in [0.2, 0.25) is 0 Å². The topological polar surface area (TPSA) is 77.5 Å². The molecule has 156 valence electrons. The fourth-order valence-corrected chi connectivity index (χ4v) is 3.94. The fraction of sp³-hybridized carbons (Fsp3) is 0.227. The second-order valence-electron chi connectivity index (χ2n) is 6.59. The van der Waals surface area contributed by atoms with Gasteiger partial charge in [0.05, 0.1) is 24.8 Å².